The van der Waals surface area contributed by atoms with Crippen LogP contribution in [0.2, 0.25) is 0 Å². The Hall–Kier alpha value is -2.94. The Balaban J connectivity index is 1.17. The van der Waals surface area contributed by atoms with Crippen LogP contribution in [0.5, 0.6) is 0 Å². The van der Waals surface area contributed by atoms with Gasteiger partial charge in [0.2, 0.25) is 5.91 Å². The Kier molecular flexibility index (Phi) is 5.36. The predicted molar refractivity (Wildman–Crippen MR) is 128 cm³/mol. The van der Waals surface area contributed by atoms with Crippen LogP contribution in [0.1, 0.15) is 68.5 Å². The van der Waals surface area contributed by atoms with Crippen molar-refractivity contribution < 1.29 is 23.5 Å². The molecular formula is C26H29N3O5S. The quantitative estimate of drug-likeness (QED) is 0.610. The third-order valence-corrected chi connectivity index (χ3v) is 9.02. The van der Waals surface area contributed by atoms with Gasteiger partial charge in [0.15, 0.2) is 6.61 Å². The molecule has 0 aromatic carbocycles. The Morgan fingerprint density at radius 1 is 1.20 bits per heavy atom. The molecule has 3 unspecified atom stereocenters. The number of hydrazone groups is 1. The van der Waals surface area contributed by atoms with E-state index >= 15 is 0 Å². The Labute approximate surface area is 207 Å². The predicted octanol–water partition coefficient (Wildman–Crippen LogP) is 4.04. The maximum atomic E-state index is 13.4. The second-order valence-corrected chi connectivity index (χ2v) is 11.7. The number of hydrogen-bond acceptors (Lipinski definition) is 7. The number of hydrogen-bond donors (Lipinski definition) is 1. The number of esters is 1. The number of furan rings is 1. The van der Waals surface area contributed by atoms with Crippen LogP contribution >= 0.6 is 11.3 Å². The highest BCUT2D eigenvalue weighted by atomic mass is 32.1. The molecule has 1 N–H and O–H groups in total. The molecule has 4 aliphatic carbocycles. The first-order chi connectivity index (χ1) is 16.8. The van der Waals surface area contributed by atoms with Gasteiger partial charge in [0.05, 0.1) is 22.3 Å². The molecule has 5 aliphatic rings. The second-order valence-electron chi connectivity index (χ2n) is 10.8. The van der Waals surface area contributed by atoms with E-state index in [2.05, 4.69) is 10.4 Å². The number of ether oxygens (including phenoxy) is 1. The van der Waals surface area contributed by atoms with Gasteiger partial charge < -0.3 is 14.5 Å². The monoisotopic (exact) mass is 495 g/mol. The van der Waals surface area contributed by atoms with Gasteiger partial charge in [0, 0.05) is 18.9 Å². The van der Waals surface area contributed by atoms with E-state index in [0.717, 1.165) is 42.7 Å². The molecule has 184 valence electrons. The van der Waals surface area contributed by atoms with Crippen LogP contribution in [-0.4, -0.2) is 40.7 Å². The van der Waals surface area contributed by atoms with Crippen molar-refractivity contribution in [3.63, 3.8) is 0 Å². The van der Waals surface area contributed by atoms with Gasteiger partial charge in [-0.05, 0) is 73.9 Å². The zero-order chi connectivity index (χ0) is 24.2. The smallest absolute Gasteiger partial charge is 0.312 e. The van der Waals surface area contributed by atoms with Crippen molar-refractivity contribution in [1.29, 1.82) is 0 Å². The number of carbonyl (C=O) groups is 3. The molecule has 3 heterocycles. The normalized spacial score (nSPS) is 33.0. The molecule has 4 bridgehead atoms. The lowest BCUT2D eigenvalue weighted by molar-refractivity contribution is -0.178. The highest BCUT2D eigenvalue weighted by Crippen LogP contribution is 2.62. The molecule has 0 spiro atoms. The molecule has 4 saturated carbocycles. The molecule has 3 atom stereocenters. The topological polar surface area (TPSA) is 101 Å². The summed E-state index contributed by atoms with van der Waals surface area (Å²) in [6, 6.07) is 7.19. The van der Waals surface area contributed by atoms with E-state index in [0.29, 0.717) is 30.4 Å². The summed E-state index contributed by atoms with van der Waals surface area (Å²) in [4.78, 5) is 39.6. The van der Waals surface area contributed by atoms with Crippen molar-refractivity contribution in [2.45, 2.75) is 63.5 Å². The standard InChI is InChI=1S/C26H29N3O5S/c1-16(30)27-26-12-17-8-18(13-26)11-25(10-17,15-26)24(32)34-14-23(31)29-20(21-4-2-6-33-21)9-19(28-29)22-5-3-7-35-22/h2-7,17-18,20H,8-15H2,1H3,(H,27,30). The summed E-state index contributed by atoms with van der Waals surface area (Å²) in [7, 11) is 0. The molecule has 2 aromatic heterocycles. The molecule has 0 radical (unpaired) electrons. The van der Waals surface area contributed by atoms with Crippen molar-refractivity contribution in [1.82, 2.24) is 10.3 Å². The molecule has 9 heteroatoms. The number of nitrogens with one attached hydrogen (secondary N) is 1. The van der Waals surface area contributed by atoms with E-state index in [1.165, 1.54) is 5.01 Å². The summed E-state index contributed by atoms with van der Waals surface area (Å²) >= 11 is 1.57. The van der Waals surface area contributed by atoms with E-state index in [1.54, 1.807) is 30.6 Å². The van der Waals surface area contributed by atoms with Crippen LogP contribution in [0.4, 0.5) is 0 Å². The number of carbonyl (C=O) groups excluding carboxylic acids is 3. The lowest BCUT2D eigenvalue weighted by Gasteiger charge is -2.60. The fourth-order valence-electron chi connectivity index (χ4n) is 7.40. The zero-order valence-corrected chi connectivity index (χ0v) is 20.5. The maximum Gasteiger partial charge on any atom is 0.312 e. The van der Waals surface area contributed by atoms with Crippen molar-refractivity contribution in [2.24, 2.45) is 22.4 Å². The van der Waals surface area contributed by atoms with Crippen LogP contribution in [0.25, 0.3) is 0 Å². The van der Waals surface area contributed by atoms with E-state index in [-0.39, 0.29) is 36.0 Å². The molecule has 0 saturated heterocycles. The Morgan fingerprint density at radius 3 is 2.66 bits per heavy atom. The van der Waals surface area contributed by atoms with Gasteiger partial charge in [-0.3, -0.25) is 14.4 Å². The largest absolute Gasteiger partial charge is 0.467 e. The summed E-state index contributed by atoms with van der Waals surface area (Å²) < 4.78 is 11.3. The first-order valence-electron chi connectivity index (χ1n) is 12.3. The summed E-state index contributed by atoms with van der Waals surface area (Å²) in [5.41, 5.74) is -0.124. The number of nitrogens with zero attached hydrogens (tertiary/aromatic N) is 2. The molecule has 2 aromatic rings. The Morgan fingerprint density at radius 2 is 2.00 bits per heavy atom. The third kappa shape index (κ3) is 3.99. The van der Waals surface area contributed by atoms with Crippen LogP contribution in [-0.2, 0) is 19.1 Å². The fourth-order valence-corrected chi connectivity index (χ4v) is 8.12. The molecule has 8 nitrogen and oxygen atoms in total. The van der Waals surface area contributed by atoms with Gasteiger partial charge in [-0.2, -0.15) is 5.10 Å². The van der Waals surface area contributed by atoms with Crippen LogP contribution in [0.3, 0.4) is 0 Å². The average molecular weight is 496 g/mol. The summed E-state index contributed by atoms with van der Waals surface area (Å²) in [5.74, 6) is 0.734. The van der Waals surface area contributed by atoms with Crippen LogP contribution in [0, 0.1) is 17.3 Å². The lowest BCUT2D eigenvalue weighted by atomic mass is 9.47. The molecule has 1 aliphatic heterocycles. The molecule has 4 fully saturated rings. The first kappa shape index (κ1) is 22.5. The van der Waals surface area contributed by atoms with Gasteiger partial charge in [0.25, 0.3) is 5.91 Å². The van der Waals surface area contributed by atoms with Gasteiger partial charge in [-0.15, -0.1) is 11.3 Å². The maximum absolute atomic E-state index is 13.4. The molecular weight excluding hydrogens is 466 g/mol. The highest BCUT2D eigenvalue weighted by Gasteiger charge is 2.61. The number of rotatable bonds is 6. The number of thiophene rings is 1. The van der Waals surface area contributed by atoms with Crippen LogP contribution < -0.4 is 5.32 Å². The van der Waals surface area contributed by atoms with E-state index < -0.39 is 5.41 Å². The van der Waals surface area contributed by atoms with Gasteiger partial charge >= 0.3 is 5.97 Å². The van der Waals surface area contributed by atoms with Gasteiger partial charge in [-0.1, -0.05) is 6.07 Å². The molecule has 7 rings (SSSR count). The molecule has 2 amide bonds. The van der Waals surface area contributed by atoms with E-state index in [4.69, 9.17) is 9.15 Å². The zero-order valence-electron chi connectivity index (χ0n) is 19.7. The van der Waals surface area contributed by atoms with Crippen molar-refractivity contribution >= 4 is 34.8 Å². The van der Waals surface area contributed by atoms with Gasteiger partial charge in [-0.25, -0.2) is 5.01 Å². The summed E-state index contributed by atoms with van der Waals surface area (Å²) in [5, 5.41) is 11.1. The summed E-state index contributed by atoms with van der Waals surface area (Å²) in [6.07, 6.45) is 7.23. The van der Waals surface area contributed by atoms with E-state index in [9.17, 15) is 14.4 Å². The first-order valence-corrected chi connectivity index (χ1v) is 13.2. The molecule has 35 heavy (non-hydrogen) atoms. The van der Waals surface area contributed by atoms with E-state index in [1.807, 2.05) is 23.6 Å². The average Bonchev–Trinajstić information content (AvgIpc) is 3.56. The van der Waals surface area contributed by atoms with Gasteiger partial charge in [0.1, 0.15) is 11.8 Å². The SMILES string of the molecule is CC(=O)NC12CC3CC(C1)CC(C(=O)OCC(=O)N1N=C(c4cccs4)CC1c1ccco1)(C3)C2. The lowest BCUT2D eigenvalue weighted by Crippen LogP contribution is -2.64. The summed E-state index contributed by atoms with van der Waals surface area (Å²) in [6.45, 7) is 1.18. The highest BCUT2D eigenvalue weighted by molar-refractivity contribution is 7.12. The fraction of sp³-hybridized carbons (Fsp3) is 0.538. The van der Waals surface area contributed by atoms with Crippen molar-refractivity contribution in [3.05, 3.63) is 46.5 Å². The van der Waals surface area contributed by atoms with Crippen molar-refractivity contribution in [3.8, 4) is 0 Å². The third-order valence-electron chi connectivity index (χ3n) is 8.11. The Bertz CT molecular complexity index is 1160. The van der Waals surface area contributed by atoms with Crippen molar-refractivity contribution in [2.75, 3.05) is 6.61 Å². The van der Waals surface area contributed by atoms with Crippen LogP contribution in [0.15, 0.2) is 45.4 Å². The second kappa shape index (κ2) is 8.33. The number of amides is 2. The minimum Gasteiger partial charge on any atom is -0.467 e. The minimum atomic E-state index is -0.621. The minimum absolute atomic E-state index is 0.0527.